The van der Waals surface area contributed by atoms with Crippen LogP contribution in [0.2, 0.25) is 0 Å². The number of carbonyl (C=O) groups excluding carboxylic acids is 1. The minimum atomic E-state index is -3.44. The summed E-state index contributed by atoms with van der Waals surface area (Å²) in [4.78, 5) is 14.6. The second kappa shape index (κ2) is 7.05. The normalized spacial score (nSPS) is 24.7. The first-order valence-electron chi connectivity index (χ1n) is 8.74. The Morgan fingerprint density at radius 2 is 2.04 bits per heavy atom. The number of nitrogens with zero attached hydrogens (tertiary/aromatic N) is 5. The summed E-state index contributed by atoms with van der Waals surface area (Å²) in [6.07, 6.45) is 3.98. The van der Waals surface area contributed by atoms with E-state index in [0.717, 1.165) is 18.5 Å². The Morgan fingerprint density at radius 1 is 1.28 bits per heavy atom. The topological polar surface area (TPSA) is 78.8 Å². The van der Waals surface area contributed by atoms with Crippen molar-refractivity contribution in [1.29, 1.82) is 0 Å². The van der Waals surface area contributed by atoms with Crippen molar-refractivity contribution in [3.8, 4) is 0 Å². The smallest absolute Gasteiger partial charge is 0.281 e. The molecule has 0 N–H and O–H groups in total. The molecular weight excluding hydrogens is 342 g/mol. The van der Waals surface area contributed by atoms with Gasteiger partial charge in [0.1, 0.15) is 0 Å². The van der Waals surface area contributed by atoms with Crippen LogP contribution >= 0.6 is 0 Å². The highest BCUT2D eigenvalue weighted by molar-refractivity contribution is 7.86. The zero-order valence-electron chi connectivity index (χ0n) is 15.1. The van der Waals surface area contributed by atoms with Gasteiger partial charge in [-0.05, 0) is 31.7 Å². The lowest BCUT2D eigenvalue weighted by atomic mass is 9.95. The highest BCUT2D eigenvalue weighted by atomic mass is 32.2. The zero-order chi connectivity index (χ0) is 18.2. The average Bonchev–Trinajstić information content (AvgIpc) is 2.78. The molecule has 1 amide bonds. The maximum Gasteiger partial charge on any atom is 0.281 e. The molecule has 2 atom stereocenters. The van der Waals surface area contributed by atoms with E-state index in [4.69, 9.17) is 0 Å². The van der Waals surface area contributed by atoms with E-state index in [0.29, 0.717) is 32.6 Å². The molecule has 9 heteroatoms. The van der Waals surface area contributed by atoms with Gasteiger partial charge in [-0.2, -0.15) is 22.1 Å². The Bertz CT molecular complexity index is 730. The summed E-state index contributed by atoms with van der Waals surface area (Å²) in [7, 11) is -0.331. The molecule has 0 saturated carbocycles. The van der Waals surface area contributed by atoms with E-state index in [2.05, 4.69) is 5.10 Å². The van der Waals surface area contributed by atoms with Gasteiger partial charge in [-0.25, -0.2) is 0 Å². The maximum atomic E-state index is 12.7. The van der Waals surface area contributed by atoms with Gasteiger partial charge in [0.2, 0.25) is 5.91 Å². The Labute approximate surface area is 149 Å². The molecule has 0 aromatic carbocycles. The molecule has 25 heavy (non-hydrogen) atoms. The molecular formula is C16H27N5O3S. The molecule has 3 aliphatic heterocycles. The van der Waals surface area contributed by atoms with E-state index in [1.807, 2.05) is 22.6 Å². The second-order valence-electron chi connectivity index (χ2n) is 7.20. The number of carbonyl (C=O) groups is 1. The number of fused-ring (bicyclic) bond motifs is 4. The Balaban J connectivity index is 1.68. The average molecular weight is 369 g/mol. The summed E-state index contributed by atoms with van der Waals surface area (Å²) in [5.74, 6) is 0.303. The Hall–Kier alpha value is -1.45. The monoisotopic (exact) mass is 369 g/mol. The van der Waals surface area contributed by atoms with Crippen molar-refractivity contribution in [1.82, 2.24) is 23.3 Å². The fourth-order valence-electron chi connectivity index (χ4n) is 3.74. The summed E-state index contributed by atoms with van der Waals surface area (Å²) in [5, 5.41) is 4.22. The number of hydrogen-bond donors (Lipinski definition) is 0. The van der Waals surface area contributed by atoms with Gasteiger partial charge in [0.05, 0.1) is 0 Å². The number of aryl methyl sites for hydroxylation is 2. The highest BCUT2D eigenvalue weighted by Crippen LogP contribution is 2.30. The van der Waals surface area contributed by atoms with Crippen molar-refractivity contribution < 1.29 is 13.2 Å². The lowest BCUT2D eigenvalue weighted by Gasteiger charge is -2.36. The molecule has 1 aromatic rings. The van der Waals surface area contributed by atoms with E-state index in [1.54, 1.807) is 24.6 Å². The van der Waals surface area contributed by atoms with Gasteiger partial charge in [0.15, 0.2) is 0 Å². The van der Waals surface area contributed by atoms with Crippen LogP contribution in [-0.4, -0.2) is 77.4 Å². The predicted octanol–water partition coefficient (Wildman–Crippen LogP) is 0.311. The van der Waals surface area contributed by atoms with E-state index in [-0.39, 0.29) is 17.9 Å². The summed E-state index contributed by atoms with van der Waals surface area (Å²) < 4.78 is 29.6. The molecule has 3 saturated heterocycles. The fraction of sp³-hybridized carbons (Fsp3) is 0.750. The van der Waals surface area contributed by atoms with Crippen LogP contribution in [0.3, 0.4) is 0 Å². The second-order valence-corrected chi connectivity index (χ2v) is 9.34. The number of amides is 1. The molecule has 1 aromatic heterocycles. The van der Waals surface area contributed by atoms with Gasteiger partial charge >= 0.3 is 0 Å². The molecule has 4 heterocycles. The predicted molar refractivity (Wildman–Crippen MR) is 94.0 cm³/mol. The third-order valence-electron chi connectivity index (χ3n) is 5.25. The van der Waals surface area contributed by atoms with Crippen molar-refractivity contribution in [3.05, 3.63) is 18.0 Å². The van der Waals surface area contributed by atoms with Crippen molar-refractivity contribution in [2.24, 2.45) is 5.92 Å². The molecule has 2 bridgehead atoms. The molecule has 0 aliphatic carbocycles. The summed E-state index contributed by atoms with van der Waals surface area (Å²) in [6.45, 7) is 4.07. The number of aromatic nitrogens is 2. The van der Waals surface area contributed by atoms with Gasteiger partial charge in [0.25, 0.3) is 10.2 Å². The SMILES string of the molecule is Cc1ccnn1CCC(=O)N1C[C@@H]2CC[C@H]1CN(S(=O)(=O)N(C)C)C2. The number of rotatable bonds is 5. The van der Waals surface area contributed by atoms with Crippen molar-refractivity contribution in [2.75, 3.05) is 33.7 Å². The lowest BCUT2D eigenvalue weighted by molar-refractivity contribution is -0.135. The third-order valence-corrected chi connectivity index (χ3v) is 7.13. The molecule has 0 unspecified atom stereocenters. The highest BCUT2D eigenvalue weighted by Gasteiger charge is 2.41. The Kier molecular flexibility index (Phi) is 5.17. The standard InChI is InChI=1S/C16H27N5O3S/c1-13-6-8-17-21(13)9-7-16(22)20-11-14-4-5-15(20)12-19(10-14)25(23,24)18(2)3/h6,8,14-15H,4-5,7,9-12H2,1-3H3/t14-,15+/m1/s1. The van der Waals surface area contributed by atoms with Gasteiger partial charge < -0.3 is 4.90 Å². The van der Waals surface area contributed by atoms with Crippen LogP contribution in [-0.2, 0) is 21.5 Å². The summed E-state index contributed by atoms with van der Waals surface area (Å²) in [6, 6.07) is 1.89. The number of piperidine rings is 1. The van der Waals surface area contributed by atoms with Crippen molar-refractivity contribution >= 4 is 16.1 Å². The summed E-state index contributed by atoms with van der Waals surface area (Å²) in [5.41, 5.74) is 1.04. The fourth-order valence-corrected chi connectivity index (χ4v) is 4.96. The Morgan fingerprint density at radius 3 is 2.68 bits per heavy atom. The van der Waals surface area contributed by atoms with Crippen LogP contribution in [0.25, 0.3) is 0 Å². The van der Waals surface area contributed by atoms with Crippen molar-refractivity contribution in [3.63, 3.8) is 0 Å². The third kappa shape index (κ3) is 3.73. The molecule has 0 radical (unpaired) electrons. The lowest BCUT2D eigenvalue weighted by Crippen LogP contribution is -2.48. The van der Waals surface area contributed by atoms with Gasteiger partial charge in [-0.3, -0.25) is 9.48 Å². The number of hydrogen-bond acceptors (Lipinski definition) is 4. The van der Waals surface area contributed by atoms with E-state index in [9.17, 15) is 13.2 Å². The van der Waals surface area contributed by atoms with Gasteiger partial charge in [-0.1, -0.05) is 0 Å². The largest absolute Gasteiger partial charge is 0.338 e. The molecule has 8 nitrogen and oxygen atoms in total. The molecule has 3 aliphatic rings. The first-order chi connectivity index (χ1) is 11.8. The van der Waals surface area contributed by atoms with Gasteiger partial charge in [0, 0.05) is 64.6 Å². The quantitative estimate of drug-likeness (QED) is 0.748. The first kappa shape index (κ1) is 18.3. The summed E-state index contributed by atoms with van der Waals surface area (Å²) >= 11 is 0. The minimum absolute atomic E-state index is 0.0281. The van der Waals surface area contributed by atoms with E-state index >= 15 is 0 Å². The minimum Gasteiger partial charge on any atom is -0.338 e. The van der Waals surface area contributed by atoms with Crippen LogP contribution in [0.5, 0.6) is 0 Å². The molecule has 3 fully saturated rings. The van der Waals surface area contributed by atoms with Gasteiger partial charge in [-0.15, -0.1) is 0 Å². The van der Waals surface area contributed by atoms with E-state index in [1.165, 1.54) is 4.31 Å². The molecule has 0 spiro atoms. The van der Waals surface area contributed by atoms with Crippen LogP contribution in [0.15, 0.2) is 12.3 Å². The molecule has 140 valence electrons. The molecule has 4 rings (SSSR count). The van der Waals surface area contributed by atoms with Crippen molar-refractivity contribution in [2.45, 2.75) is 38.8 Å². The zero-order valence-corrected chi connectivity index (χ0v) is 15.9. The first-order valence-corrected chi connectivity index (χ1v) is 10.1. The van der Waals surface area contributed by atoms with E-state index < -0.39 is 10.2 Å². The van der Waals surface area contributed by atoms with Crippen LogP contribution in [0.4, 0.5) is 0 Å². The van der Waals surface area contributed by atoms with Crippen LogP contribution < -0.4 is 0 Å². The maximum absolute atomic E-state index is 12.7. The van der Waals surface area contributed by atoms with Crippen LogP contribution in [0.1, 0.15) is 25.0 Å². The van der Waals surface area contributed by atoms with Crippen LogP contribution in [0, 0.1) is 12.8 Å².